The summed E-state index contributed by atoms with van der Waals surface area (Å²) in [5.74, 6) is -0.0893. The fourth-order valence-corrected chi connectivity index (χ4v) is 2.61. The third kappa shape index (κ3) is 3.48. The first-order chi connectivity index (χ1) is 9.60. The molecule has 2 heterocycles. The van der Waals surface area contributed by atoms with E-state index < -0.39 is 0 Å². The van der Waals surface area contributed by atoms with Gasteiger partial charge in [-0.05, 0) is 24.4 Å². The lowest BCUT2D eigenvalue weighted by molar-refractivity contribution is -0.132. The number of likely N-dealkylation sites (N-methyl/N-ethyl adjacent to an activating group) is 1. The number of aromatic nitrogens is 1. The molecule has 0 atom stereocenters. The van der Waals surface area contributed by atoms with E-state index in [0.29, 0.717) is 18.8 Å². The quantitative estimate of drug-likeness (QED) is 0.908. The second-order valence-electron chi connectivity index (χ2n) is 4.42. The van der Waals surface area contributed by atoms with Crippen molar-refractivity contribution in [1.29, 1.82) is 0 Å². The van der Waals surface area contributed by atoms with Gasteiger partial charge in [0.05, 0.1) is 6.54 Å². The molecular weight excluding hydrogens is 274 g/mol. The highest BCUT2D eigenvalue weighted by Gasteiger charge is 2.13. The average Bonchev–Trinajstić information content (AvgIpc) is 2.93. The summed E-state index contributed by atoms with van der Waals surface area (Å²) < 4.78 is 1.34. The Bertz CT molecular complexity index is 634. The zero-order valence-electron chi connectivity index (χ0n) is 11.3. The van der Waals surface area contributed by atoms with Crippen LogP contribution in [0.25, 0.3) is 0 Å². The van der Waals surface area contributed by atoms with Crippen molar-refractivity contribution in [2.45, 2.75) is 20.0 Å². The molecule has 0 bridgehead atoms. The Hall–Kier alpha value is -2.08. The maximum absolute atomic E-state index is 12.3. The minimum atomic E-state index is -0.222. The molecule has 0 aliphatic rings. The van der Waals surface area contributed by atoms with Gasteiger partial charge in [-0.15, -0.1) is 11.3 Å². The number of nitrogens with two attached hydrogens (primary N) is 1. The van der Waals surface area contributed by atoms with E-state index in [-0.39, 0.29) is 18.0 Å². The smallest absolute Gasteiger partial charge is 0.251 e. The molecule has 0 unspecified atom stereocenters. The van der Waals surface area contributed by atoms with Crippen LogP contribution in [0.15, 0.2) is 40.6 Å². The van der Waals surface area contributed by atoms with Gasteiger partial charge in [-0.25, -0.2) is 0 Å². The standard InChI is InChI=1S/C14H17N3O2S/c1-2-16(9-12-4-3-7-20-12)14(19)10-17-8-11(15)5-6-13(17)18/h3-8H,2,9-10,15H2,1H3. The van der Waals surface area contributed by atoms with E-state index in [0.717, 1.165) is 4.88 Å². The molecule has 0 aliphatic carbocycles. The van der Waals surface area contributed by atoms with Crippen LogP contribution in [-0.2, 0) is 17.9 Å². The fraction of sp³-hybridized carbons (Fsp3) is 0.286. The largest absolute Gasteiger partial charge is 0.398 e. The Morgan fingerprint density at radius 1 is 1.40 bits per heavy atom. The minimum Gasteiger partial charge on any atom is -0.398 e. The Kier molecular flexibility index (Phi) is 4.57. The van der Waals surface area contributed by atoms with Gasteiger partial charge in [0, 0.05) is 29.4 Å². The van der Waals surface area contributed by atoms with Crippen LogP contribution >= 0.6 is 11.3 Å². The van der Waals surface area contributed by atoms with Crippen LogP contribution in [0.3, 0.4) is 0 Å². The number of nitrogens with zero attached hydrogens (tertiary/aromatic N) is 2. The molecule has 0 saturated heterocycles. The van der Waals surface area contributed by atoms with Gasteiger partial charge in [-0.2, -0.15) is 0 Å². The average molecular weight is 291 g/mol. The highest BCUT2D eigenvalue weighted by Crippen LogP contribution is 2.12. The van der Waals surface area contributed by atoms with E-state index in [1.54, 1.807) is 16.2 Å². The van der Waals surface area contributed by atoms with Crippen molar-refractivity contribution < 1.29 is 4.79 Å². The normalized spacial score (nSPS) is 10.4. The van der Waals surface area contributed by atoms with Crippen molar-refractivity contribution >= 4 is 22.9 Å². The lowest BCUT2D eigenvalue weighted by Crippen LogP contribution is -2.35. The van der Waals surface area contributed by atoms with Gasteiger partial charge >= 0.3 is 0 Å². The maximum atomic E-state index is 12.3. The number of carbonyl (C=O) groups excluding carboxylic acids is 1. The molecule has 0 radical (unpaired) electrons. The van der Waals surface area contributed by atoms with Crippen LogP contribution in [0, 0.1) is 0 Å². The predicted molar refractivity (Wildman–Crippen MR) is 80.5 cm³/mol. The van der Waals surface area contributed by atoms with E-state index in [2.05, 4.69) is 0 Å². The molecule has 6 heteroatoms. The van der Waals surface area contributed by atoms with E-state index in [1.165, 1.54) is 22.9 Å². The SMILES string of the molecule is CCN(Cc1cccs1)C(=O)Cn1cc(N)ccc1=O. The van der Waals surface area contributed by atoms with Crippen LogP contribution in [0.5, 0.6) is 0 Å². The second-order valence-corrected chi connectivity index (χ2v) is 5.45. The van der Waals surface area contributed by atoms with Crippen LogP contribution in [-0.4, -0.2) is 21.9 Å². The number of amides is 1. The van der Waals surface area contributed by atoms with Gasteiger partial charge in [0.25, 0.3) is 5.56 Å². The zero-order valence-corrected chi connectivity index (χ0v) is 12.1. The summed E-state index contributed by atoms with van der Waals surface area (Å²) in [5.41, 5.74) is 5.89. The molecule has 0 fully saturated rings. The second kappa shape index (κ2) is 6.38. The first-order valence-corrected chi connectivity index (χ1v) is 7.24. The monoisotopic (exact) mass is 291 g/mol. The van der Waals surface area contributed by atoms with Gasteiger partial charge in [0.1, 0.15) is 6.54 Å². The highest BCUT2D eigenvalue weighted by molar-refractivity contribution is 7.09. The summed E-state index contributed by atoms with van der Waals surface area (Å²) in [6.07, 6.45) is 1.50. The van der Waals surface area contributed by atoms with Crippen molar-refractivity contribution in [2.24, 2.45) is 0 Å². The topological polar surface area (TPSA) is 68.3 Å². The van der Waals surface area contributed by atoms with Crippen LogP contribution in [0.4, 0.5) is 5.69 Å². The maximum Gasteiger partial charge on any atom is 0.251 e. The highest BCUT2D eigenvalue weighted by atomic mass is 32.1. The third-order valence-electron chi connectivity index (χ3n) is 2.97. The van der Waals surface area contributed by atoms with E-state index in [9.17, 15) is 9.59 Å². The summed E-state index contributed by atoms with van der Waals surface area (Å²) in [6.45, 7) is 3.12. The summed E-state index contributed by atoms with van der Waals surface area (Å²) >= 11 is 1.61. The molecule has 0 saturated carbocycles. The summed E-state index contributed by atoms with van der Waals surface area (Å²) in [6, 6.07) is 6.86. The Balaban J connectivity index is 2.09. The number of rotatable bonds is 5. The number of carbonyl (C=O) groups is 1. The van der Waals surface area contributed by atoms with E-state index in [1.807, 2.05) is 24.4 Å². The van der Waals surface area contributed by atoms with Gasteiger partial charge in [-0.1, -0.05) is 6.07 Å². The molecule has 5 nitrogen and oxygen atoms in total. The van der Waals surface area contributed by atoms with E-state index in [4.69, 9.17) is 5.73 Å². The summed E-state index contributed by atoms with van der Waals surface area (Å²) in [4.78, 5) is 26.8. The van der Waals surface area contributed by atoms with Crippen molar-refractivity contribution in [2.75, 3.05) is 12.3 Å². The molecule has 20 heavy (non-hydrogen) atoms. The minimum absolute atomic E-state index is 0.0170. The third-order valence-corrected chi connectivity index (χ3v) is 3.83. The van der Waals surface area contributed by atoms with Crippen molar-refractivity contribution in [3.05, 3.63) is 51.1 Å². The first kappa shape index (κ1) is 14.3. The molecule has 2 N–H and O–H groups in total. The van der Waals surface area contributed by atoms with Gasteiger partial charge in [0.15, 0.2) is 0 Å². The van der Waals surface area contributed by atoms with Crippen LogP contribution in [0.1, 0.15) is 11.8 Å². The van der Waals surface area contributed by atoms with Crippen molar-refractivity contribution in [3.63, 3.8) is 0 Å². The molecule has 1 amide bonds. The molecular formula is C14H17N3O2S. The lowest BCUT2D eigenvalue weighted by atomic mass is 10.3. The predicted octanol–water partition coefficient (Wildman–Crippen LogP) is 1.54. The summed E-state index contributed by atoms with van der Waals surface area (Å²) in [7, 11) is 0. The number of hydrogen-bond acceptors (Lipinski definition) is 4. The number of hydrogen-bond donors (Lipinski definition) is 1. The molecule has 0 aromatic carbocycles. The van der Waals surface area contributed by atoms with E-state index >= 15 is 0 Å². The fourth-order valence-electron chi connectivity index (χ4n) is 1.89. The number of pyridine rings is 1. The van der Waals surface area contributed by atoms with Crippen LogP contribution < -0.4 is 11.3 Å². The molecule has 2 rings (SSSR count). The Morgan fingerprint density at radius 2 is 2.20 bits per heavy atom. The molecule has 0 aliphatic heterocycles. The van der Waals surface area contributed by atoms with Gasteiger partial charge in [0.2, 0.25) is 5.91 Å². The number of nitrogen functional groups attached to an aromatic ring is 1. The van der Waals surface area contributed by atoms with Crippen LogP contribution in [0.2, 0.25) is 0 Å². The Labute approximate surface area is 121 Å². The zero-order chi connectivity index (χ0) is 14.5. The number of thiophene rings is 1. The van der Waals surface area contributed by atoms with Gasteiger partial charge < -0.3 is 15.2 Å². The Morgan fingerprint density at radius 3 is 2.85 bits per heavy atom. The summed E-state index contributed by atoms with van der Waals surface area (Å²) in [5, 5.41) is 1.98. The molecule has 106 valence electrons. The molecule has 2 aromatic heterocycles. The number of anilines is 1. The van der Waals surface area contributed by atoms with Crippen molar-refractivity contribution in [3.8, 4) is 0 Å². The first-order valence-electron chi connectivity index (χ1n) is 6.36. The lowest BCUT2D eigenvalue weighted by Gasteiger charge is -2.20. The molecule has 2 aromatic rings. The molecule has 0 spiro atoms. The van der Waals surface area contributed by atoms with Gasteiger partial charge in [-0.3, -0.25) is 9.59 Å². The van der Waals surface area contributed by atoms with Crippen molar-refractivity contribution in [1.82, 2.24) is 9.47 Å².